The summed E-state index contributed by atoms with van der Waals surface area (Å²) < 4.78 is 0. The molecule has 2 rings (SSSR count). The van der Waals surface area contributed by atoms with Crippen LogP contribution in [0.4, 0.5) is 5.69 Å². The highest BCUT2D eigenvalue weighted by molar-refractivity contribution is 7.12. The van der Waals surface area contributed by atoms with Gasteiger partial charge in [0.15, 0.2) is 0 Å². The molecular weight excluding hydrogens is 308 g/mol. The van der Waals surface area contributed by atoms with Gasteiger partial charge in [0.25, 0.3) is 5.91 Å². The van der Waals surface area contributed by atoms with Crippen molar-refractivity contribution in [2.75, 3.05) is 5.32 Å². The molecule has 0 saturated heterocycles. The fourth-order valence-electron chi connectivity index (χ4n) is 2.32. The molecule has 0 unspecified atom stereocenters. The number of anilines is 1. The minimum atomic E-state index is -0.575. The number of amides is 2. The molecule has 4 nitrogen and oxygen atoms in total. The number of rotatable bonds is 6. The van der Waals surface area contributed by atoms with Gasteiger partial charge >= 0.3 is 0 Å². The van der Waals surface area contributed by atoms with Crippen LogP contribution in [0.2, 0.25) is 0 Å². The van der Waals surface area contributed by atoms with Crippen molar-refractivity contribution in [3.63, 3.8) is 0 Å². The first kappa shape index (κ1) is 17.2. The van der Waals surface area contributed by atoms with Crippen molar-refractivity contribution < 1.29 is 9.59 Å². The molecule has 2 amide bonds. The van der Waals surface area contributed by atoms with Gasteiger partial charge in [-0.05, 0) is 35.4 Å². The highest BCUT2D eigenvalue weighted by Gasteiger charge is 2.25. The van der Waals surface area contributed by atoms with Crippen molar-refractivity contribution in [1.82, 2.24) is 5.32 Å². The Kier molecular flexibility index (Phi) is 5.93. The molecule has 2 aromatic rings. The lowest BCUT2D eigenvalue weighted by Crippen LogP contribution is -2.47. The average molecular weight is 330 g/mol. The van der Waals surface area contributed by atoms with Crippen molar-refractivity contribution in [3.05, 3.63) is 52.2 Å². The smallest absolute Gasteiger partial charge is 0.262 e. The van der Waals surface area contributed by atoms with E-state index in [0.717, 1.165) is 17.7 Å². The second-order valence-corrected chi connectivity index (χ2v) is 6.62. The van der Waals surface area contributed by atoms with Crippen LogP contribution in [0, 0.1) is 5.92 Å². The van der Waals surface area contributed by atoms with Crippen molar-refractivity contribution in [3.8, 4) is 0 Å². The quantitative estimate of drug-likeness (QED) is 0.848. The second kappa shape index (κ2) is 7.92. The zero-order valence-electron chi connectivity index (χ0n) is 13.6. The van der Waals surface area contributed by atoms with E-state index in [0.29, 0.717) is 4.88 Å². The van der Waals surface area contributed by atoms with Crippen LogP contribution in [0.1, 0.15) is 36.0 Å². The highest BCUT2D eigenvalue weighted by atomic mass is 32.1. The van der Waals surface area contributed by atoms with Crippen molar-refractivity contribution in [2.24, 2.45) is 5.92 Å². The van der Waals surface area contributed by atoms with Gasteiger partial charge in [0.05, 0.1) is 4.88 Å². The molecule has 1 heterocycles. The maximum Gasteiger partial charge on any atom is 0.262 e. The fourth-order valence-corrected chi connectivity index (χ4v) is 2.94. The van der Waals surface area contributed by atoms with E-state index >= 15 is 0 Å². The number of aryl methyl sites for hydroxylation is 1. The topological polar surface area (TPSA) is 58.2 Å². The summed E-state index contributed by atoms with van der Waals surface area (Å²) in [4.78, 5) is 25.4. The predicted octanol–water partition coefficient (Wildman–Crippen LogP) is 3.70. The summed E-state index contributed by atoms with van der Waals surface area (Å²) in [6, 6.07) is 10.7. The molecule has 0 fully saturated rings. The molecule has 0 aliphatic carbocycles. The fraction of sp³-hybridized carbons (Fsp3) is 0.333. The van der Waals surface area contributed by atoms with Crippen LogP contribution in [0.25, 0.3) is 0 Å². The lowest BCUT2D eigenvalue weighted by molar-refractivity contribution is -0.118. The van der Waals surface area contributed by atoms with Gasteiger partial charge in [0.2, 0.25) is 5.91 Å². The third kappa shape index (κ3) is 4.42. The van der Waals surface area contributed by atoms with Gasteiger partial charge in [-0.25, -0.2) is 0 Å². The number of benzene rings is 1. The Balaban J connectivity index is 2.11. The summed E-state index contributed by atoms with van der Waals surface area (Å²) in [5.74, 6) is -0.406. The van der Waals surface area contributed by atoms with Gasteiger partial charge < -0.3 is 10.6 Å². The van der Waals surface area contributed by atoms with Gasteiger partial charge in [-0.3, -0.25) is 9.59 Å². The third-order valence-electron chi connectivity index (χ3n) is 3.64. The minimum absolute atomic E-state index is 0.00676. The monoisotopic (exact) mass is 330 g/mol. The van der Waals surface area contributed by atoms with Gasteiger partial charge in [0.1, 0.15) is 6.04 Å². The van der Waals surface area contributed by atoms with E-state index in [1.54, 1.807) is 6.07 Å². The standard InChI is InChI=1S/C18H22N2O2S/c1-4-13-8-5-6-9-14(13)19-18(22)16(12(2)3)20-17(21)15-10-7-11-23-15/h5-12,16H,4H2,1-3H3,(H,19,22)(H,20,21)/t16-/m1/s1. The van der Waals surface area contributed by atoms with Crippen molar-refractivity contribution >= 4 is 28.8 Å². The van der Waals surface area contributed by atoms with Crippen molar-refractivity contribution in [1.29, 1.82) is 0 Å². The maximum atomic E-state index is 12.6. The van der Waals surface area contributed by atoms with Crippen LogP contribution in [-0.4, -0.2) is 17.9 Å². The predicted molar refractivity (Wildman–Crippen MR) is 94.9 cm³/mol. The second-order valence-electron chi connectivity index (χ2n) is 5.67. The van der Waals surface area contributed by atoms with Gasteiger partial charge in [-0.15, -0.1) is 11.3 Å². The number of hydrogen-bond donors (Lipinski definition) is 2. The van der Waals surface area contributed by atoms with Crippen LogP contribution < -0.4 is 10.6 Å². The third-order valence-corrected chi connectivity index (χ3v) is 4.51. The van der Waals surface area contributed by atoms with Crippen LogP contribution >= 0.6 is 11.3 Å². The Labute approximate surface area is 140 Å². The number of para-hydroxylation sites is 1. The molecule has 23 heavy (non-hydrogen) atoms. The highest BCUT2D eigenvalue weighted by Crippen LogP contribution is 2.17. The minimum Gasteiger partial charge on any atom is -0.339 e. The van der Waals surface area contributed by atoms with Crippen molar-refractivity contribution in [2.45, 2.75) is 33.2 Å². The van der Waals surface area contributed by atoms with Crippen LogP contribution in [0.15, 0.2) is 41.8 Å². The molecule has 1 aromatic heterocycles. The van der Waals surface area contributed by atoms with Crippen LogP contribution in [-0.2, 0) is 11.2 Å². The summed E-state index contributed by atoms with van der Waals surface area (Å²) in [5, 5.41) is 7.62. The van der Waals surface area contributed by atoms with E-state index in [4.69, 9.17) is 0 Å². The van der Waals surface area contributed by atoms with E-state index < -0.39 is 6.04 Å². The first-order valence-corrected chi connectivity index (χ1v) is 8.64. The zero-order valence-corrected chi connectivity index (χ0v) is 14.4. The Morgan fingerprint density at radius 1 is 1.13 bits per heavy atom. The molecule has 0 radical (unpaired) electrons. The lowest BCUT2D eigenvalue weighted by atomic mass is 10.0. The number of carbonyl (C=O) groups is 2. The SMILES string of the molecule is CCc1ccccc1NC(=O)[C@H](NC(=O)c1cccs1)C(C)C. The van der Waals surface area contributed by atoms with E-state index in [1.165, 1.54) is 11.3 Å². The summed E-state index contributed by atoms with van der Waals surface area (Å²) in [6.07, 6.45) is 0.838. The zero-order chi connectivity index (χ0) is 16.8. The Morgan fingerprint density at radius 3 is 2.48 bits per heavy atom. The summed E-state index contributed by atoms with van der Waals surface area (Å²) in [6.45, 7) is 5.89. The average Bonchev–Trinajstić information content (AvgIpc) is 3.07. The summed E-state index contributed by atoms with van der Waals surface area (Å²) in [5.41, 5.74) is 1.88. The molecule has 2 N–H and O–H groups in total. The Bertz CT molecular complexity index is 665. The molecule has 1 atom stereocenters. The summed E-state index contributed by atoms with van der Waals surface area (Å²) in [7, 11) is 0. The molecule has 0 spiro atoms. The Morgan fingerprint density at radius 2 is 1.87 bits per heavy atom. The number of hydrogen-bond acceptors (Lipinski definition) is 3. The molecule has 5 heteroatoms. The van der Waals surface area contributed by atoms with E-state index in [2.05, 4.69) is 10.6 Å². The number of thiophene rings is 1. The normalized spacial score (nSPS) is 12.0. The Hall–Kier alpha value is -2.14. The maximum absolute atomic E-state index is 12.6. The van der Waals surface area contributed by atoms with E-state index in [9.17, 15) is 9.59 Å². The molecule has 122 valence electrons. The van der Waals surface area contributed by atoms with Gasteiger partial charge in [-0.1, -0.05) is 45.0 Å². The van der Waals surface area contributed by atoms with Crippen LogP contribution in [0.3, 0.4) is 0 Å². The molecule has 0 aliphatic heterocycles. The molecule has 0 bridgehead atoms. The first-order chi connectivity index (χ1) is 11.0. The number of carbonyl (C=O) groups excluding carboxylic acids is 2. The van der Waals surface area contributed by atoms with Gasteiger partial charge in [0, 0.05) is 5.69 Å². The van der Waals surface area contributed by atoms with Gasteiger partial charge in [-0.2, -0.15) is 0 Å². The molecular formula is C18H22N2O2S. The van der Waals surface area contributed by atoms with E-state index in [-0.39, 0.29) is 17.7 Å². The molecule has 1 aromatic carbocycles. The summed E-state index contributed by atoms with van der Waals surface area (Å²) >= 11 is 1.36. The first-order valence-electron chi connectivity index (χ1n) is 7.76. The number of nitrogens with one attached hydrogen (secondary N) is 2. The van der Waals surface area contributed by atoms with Crippen LogP contribution in [0.5, 0.6) is 0 Å². The molecule has 0 saturated carbocycles. The van der Waals surface area contributed by atoms with E-state index in [1.807, 2.05) is 56.5 Å². The lowest BCUT2D eigenvalue weighted by Gasteiger charge is -2.22. The largest absolute Gasteiger partial charge is 0.339 e. The molecule has 0 aliphatic rings.